The molecule has 2 aliphatic rings. The van der Waals surface area contributed by atoms with Crippen LogP contribution in [-0.4, -0.2) is 64.8 Å². The average molecular weight is 503 g/mol. The Hall–Kier alpha value is -2.77. The van der Waals surface area contributed by atoms with E-state index in [0.717, 1.165) is 31.2 Å². The Labute approximate surface area is 214 Å². The van der Waals surface area contributed by atoms with Crippen molar-refractivity contribution in [3.63, 3.8) is 0 Å². The van der Waals surface area contributed by atoms with E-state index in [1.54, 1.807) is 9.80 Å². The molecule has 0 unspecified atom stereocenters. The van der Waals surface area contributed by atoms with Crippen LogP contribution in [0.4, 0.5) is 9.59 Å². The van der Waals surface area contributed by atoms with Crippen LogP contribution in [0, 0.1) is 10.8 Å². The van der Waals surface area contributed by atoms with Crippen LogP contribution >= 0.6 is 0 Å². The Balaban J connectivity index is 1.44. The van der Waals surface area contributed by atoms with Gasteiger partial charge in [0.05, 0.1) is 5.41 Å². The molecule has 0 radical (unpaired) electrons. The van der Waals surface area contributed by atoms with Crippen LogP contribution in [0.3, 0.4) is 0 Å². The zero-order valence-corrected chi connectivity index (χ0v) is 22.3. The molecule has 0 spiro atoms. The maximum atomic E-state index is 12.5. The lowest BCUT2D eigenvalue weighted by Gasteiger charge is -2.41. The van der Waals surface area contributed by atoms with E-state index >= 15 is 0 Å². The second kappa shape index (κ2) is 11.5. The van der Waals surface area contributed by atoms with E-state index in [2.05, 4.69) is 6.92 Å². The van der Waals surface area contributed by atoms with Gasteiger partial charge in [-0.05, 0) is 70.3 Å². The van der Waals surface area contributed by atoms with Gasteiger partial charge in [-0.1, -0.05) is 43.7 Å². The number of benzene rings is 1. The predicted molar refractivity (Wildman–Crippen MR) is 137 cm³/mol. The summed E-state index contributed by atoms with van der Waals surface area (Å²) in [6.07, 6.45) is 4.32. The Kier molecular flexibility index (Phi) is 8.90. The number of likely N-dealkylation sites (tertiary alicyclic amines) is 2. The van der Waals surface area contributed by atoms with Crippen molar-refractivity contribution in [3.05, 3.63) is 35.9 Å². The van der Waals surface area contributed by atoms with Crippen molar-refractivity contribution in [2.45, 2.75) is 84.8 Å². The van der Waals surface area contributed by atoms with Gasteiger partial charge in [0.2, 0.25) is 0 Å². The Morgan fingerprint density at radius 3 is 2.00 bits per heavy atom. The van der Waals surface area contributed by atoms with Crippen molar-refractivity contribution in [1.29, 1.82) is 0 Å². The van der Waals surface area contributed by atoms with Crippen molar-refractivity contribution in [3.8, 4) is 0 Å². The molecule has 0 atom stereocenters. The number of carboxylic acid groups (broad SMARTS) is 1. The van der Waals surface area contributed by atoms with Crippen LogP contribution in [0.15, 0.2) is 30.3 Å². The summed E-state index contributed by atoms with van der Waals surface area (Å²) in [5.41, 5.74) is -0.297. The minimum atomic E-state index is -0.802. The highest BCUT2D eigenvalue weighted by Crippen LogP contribution is 2.41. The van der Waals surface area contributed by atoms with Crippen molar-refractivity contribution < 1.29 is 29.0 Å². The standard InChI is InChI=1S/C28H42N2O6/c1-26(2,3)36-25(34)30-17-13-27(4,14-18-30)11-8-12-28(23(31)32)15-19-29(20-16-28)24(33)35-21-22-9-6-5-7-10-22/h5-7,9-10H,8,11-21H2,1-4H3,(H,31,32). The van der Waals surface area contributed by atoms with E-state index < -0.39 is 17.0 Å². The molecule has 1 aromatic rings. The minimum absolute atomic E-state index is 0.0835. The van der Waals surface area contributed by atoms with Gasteiger partial charge in [-0.2, -0.15) is 0 Å². The topological polar surface area (TPSA) is 96.4 Å². The summed E-state index contributed by atoms with van der Waals surface area (Å²) in [5.74, 6) is -0.773. The molecule has 2 heterocycles. The van der Waals surface area contributed by atoms with Crippen LogP contribution in [0.1, 0.15) is 78.2 Å². The number of hydrogen-bond donors (Lipinski definition) is 1. The number of ether oxygens (including phenoxy) is 2. The van der Waals surface area contributed by atoms with Gasteiger partial charge in [-0.15, -0.1) is 0 Å². The number of amides is 2. The quantitative estimate of drug-likeness (QED) is 0.514. The van der Waals surface area contributed by atoms with Gasteiger partial charge >= 0.3 is 18.2 Å². The molecule has 1 N–H and O–H groups in total. The Bertz CT molecular complexity index is 894. The van der Waals surface area contributed by atoms with E-state index in [1.165, 1.54) is 0 Å². The monoisotopic (exact) mass is 502 g/mol. The molecule has 0 aromatic heterocycles. The average Bonchev–Trinajstić information content (AvgIpc) is 2.82. The van der Waals surface area contributed by atoms with Gasteiger partial charge < -0.3 is 24.4 Å². The highest BCUT2D eigenvalue weighted by Gasteiger charge is 2.43. The summed E-state index contributed by atoms with van der Waals surface area (Å²) in [4.78, 5) is 40.5. The summed E-state index contributed by atoms with van der Waals surface area (Å²) >= 11 is 0. The van der Waals surface area contributed by atoms with Crippen molar-refractivity contribution in [2.24, 2.45) is 10.8 Å². The number of carboxylic acids is 1. The van der Waals surface area contributed by atoms with E-state index in [-0.39, 0.29) is 24.2 Å². The summed E-state index contributed by atoms with van der Waals surface area (Å²) in [6.45, 7) is 10.2. The first-order valence-corrected chi connectivity index (χ1v) is 13.1. The number of hydrogen-bond acceptors (Lipinski definition) is 5. The summed E-state index contributed by atoms with van der Waals surface area (Å²) in [6, 6.07) is 9.52. The molecule has 2 fully saturated rings. The Morgan fingerprint density at radius 2 is 1.44 bits per heavy atom. The lowest BCUT2D eigenvalue weighted by atomic mass is 9.71. The molecular formula is C28H42N2O6. The second-order valence-electron chi connectivity index (χ2n) is 11.7. The van der Waals surface area contributed by atoms with E-state index in [9.17, 15) is 19.5 Å². The normalized spacial score (nSPS) is 19.4. The van der Waals surface area contributed by atoms with Crippen molar-refractivity contribution in [1.82, 2.24) is 9.80 Å². The largest absolute Gasteiger partial charge is 0.481 e. The number of aliphatic carboxylic acids is 1. The zero-order valence-electron chi connectivity index (χ0n) is 22.3. The molecule has 1 aromatic carbocycles. The number of rotatable bonds is 7. The number of nitrogens with zero attached hydrogens (tertiary/aromatic N) is 2. The molecule has 8 nitrogen and oxygen atoms in total. The van der Waals surface area contributed by atoms with Crippen LogP contribution < -0.4 is 0 Å². The molecule has 2 aliphatic heterocycles. The maximum Gasteiger partial charge on any atom is 0.410 e. The molecule has 3 rings (SSSR count). The molecule has 8 heteroatoms. The van der Waals surface area contributed by atoms with E-state index in [1.807, 2.05) is 51.1 Å². The number of piperidine rings is 2. The van der Waals surface area contributed by atoms with Crippen LogP contribution in [-0.2, 0) is 20.9 Å². The fourth-order valence-electron chi connectivity index (χ4n) is 5.16. The summed E-state index contributed by atoms with van der Waals surface area (Å²) in [7, 11) is 0. The maximum absolute atomic E-state index is 12.5. The molecule has 36 heavy (non-hydrogen) atoms. The van der Waals surface area contributed by atoms with Crippen molar-refractivity contribution in [2.75, 3.05) is 26.2 Å². The van der Waals surface area contributed by atoms with Crippen molar-refractivity contribution >= 4 is 18.2 Å². The van der Waals surface area contributed by atoms with Crippen LogP contribution in [0.5, 0.6) is 0 Å². The smallest absolute Gasteiger partial charge is 0.410 e. The van der Waals surface area contributed by atoms with Crippen LogP contribution in [0.25, 0.3) is 0 Å². The van der Waals surface area contributed by atoms with E-state index in [0.29, 0.717) is 45.4 Å². The predicted octanol–water partition coefficient (Wildman–Crippen LogP) is 5.70. The first-order chi connectivity index (χ1) is 16.9. The fourth-order valence-corrected chi connectivity index (χ4v) is 5.16. The first-order valence-electron chi connectivity index (χ1n) is 13.1. The highest BCUT2D eigenvalue weighted by molar-refractivity contribution is 5.75. The molecule has 0 bridgehead atoms. The zero-order chi connectivity index (χ0) is 26.4. The number of carbonyl (C=O) groups excluding carboxylic acids is 2. The lowest BCUT2D eigenvalue weighted by molar-refractivity contribution is -0.152. The third kappa shape index (κ3) is 7.61. The van der Waals surface area contributed by atoms with Gasteiger partial charge in [0, 0.05) is 26.2 Å². The van der Waals surface area contributed by atoms with E-state index in [4.69, 9.17) is 9.47 Å². The fraction of sp³-hybridized carbons (Fsp3) is 0.679. The first kappa shape index (κ1) is 27.8. The summed E-state index contributed by atoms with van der Waals surface area (Å²) < 4.78 is 10.9. The number of carbonyl (C=O) groups is 3. The lowest BCUT2D eigenvalue weighted by Crippen LogP contribution is -2.47. The molecule has 0 saturated carbocycles. The van der Waals surface area contributed by atoms with Gasteiger partial charge in [0.25, 0.3) is 0 Å². The van der Waals surface area contributed by atoms with Gasteiger partial charge in [0.15, 0.2) is 0 Å². The molecule has 200 valence electrons. The molecule has 2 saturated heterocycles. The highest BCUT2D eigenvalue weighted by atomic mass is 16.6. The van der Waals surface area contributed by atoms with Gasteiger partial charge in [0.1, 0.15) is 12.2 Å². The van der Waals surface area contributed by atoms with Crippen LogP contribution in [0.2, 0.25) is 0 Å². The molecule has 0 aliphatic carbocycles. The van der Waals surface area contributed by atoms with Gasteiger partial charge in [-0.25, -0.2) is 9.59 Å². The molecular weight excluding hydrogens is 460 g/mol. The SMILES string of the molecule is CC1(CCCC2(C(=O)O)CCN(C(=O)OCc3ccccc3)CC2)CCN(C(=O)OC(C)(C)C)CC1. The Morgan fingerprint density at radius 1 is 0.889 bits per heavy atom. The molecule has 2 amide bonds. The van der Waals surface area contributed by atoms with Gasteiger partial charge in [-0.3, -0.25) is 4.79 Å². The second-order valence-corrected chi connectivity index (χ2v) is 11.7. The minimum Gasteiger partial charge on any atom is -0.481 e. The third-order valence-corrected chi connectivity index (χ3v) is 7.70. The summed E-state index contributed by atoms with van der Waals surface area (Å²) in [5, 5.41) is 10.1. The third-order valence-electron chi connectivity index (χ3n) is 7.70.